The molecule has 0 amide bonds. The number of hydrogen-bond donors (Lipinski definition) is 1. The summed E-state index contributed by atoms with van der Waals surface area (Å²) in [7, 11) is 0. The molecule has 1 fully saturated rings. The van der Waals surface area contributed by atoms with Crippen molar-refractivity contribution < 1.29 is 9.84 Å². The van der Waals surface area contributed by atoms with E-state index in [0.717, 1.165) is 32.1 Å². The van der Waals surface area contributed by atoms with E-state index in [4.69, 9.17) is 11.2 Å². The van der Waals surface area contributed by atoms with Gasteiger partial charge < -0.3 is 9.84 Å². The van der Waals surface area contributed by atoms with Gasteiger partial charge in [-0.25, -0.2) is 0 Å². The fourth-order valence-electron chi connectivity index (χ4n) is 1.89. The zero-order chi connectivity index (χ0) is 9.73. The van der Waals surface area contributed by atoms with Crippen LogP contribution in [0.3, 0.4) is 0 Å². The van der Waals surface area contributed by atoms with Gasteiger partial charge in [-0.2, -0.15) is 0 Å². The third-order valence-corrected chi connectivity index (χ3v) is 2.60. The zero-order valence-corrected chi connectivity index (χ0v) is 8.25. The third-order valence-electron chi connectivity index (χ3n) is 2.60. The highest BCUT2D eigenvalue weighted by atomic mass is 16.5. The summed E-state index contributed by atoms with van der Waals surface area (Å²) in [5.74, 6) is 2.59. The van der Waals surface area contributed by atoms with Crippen molar-refractivity contribution in [2.45, 2.75) is 50.7 Å². The van der Waals surface area contributed by atoms with Crippen molar-refractivity contribution in [1.82, 2.24) is 0 Å². The van der Waals surface area contributed by atoms with Crippen LogP contribution < -0.4 is 0 Å². The van der Waals surface area contributed by atoms with Crippen LogP contribution in [0.25, 0.3) is 0 Å². The van der Waals surface area contributed by atoms with Gasteiger partial charge in [0.2, 0.25) is 0 Å². The molecule has 2 nitrogen and oxygen atoms in total. The molecule has 0 aromatic heterocycles. The smallest absolute Gasteiger partial charge is 0.0694 e. The van der Waals surface area contributed by atoms with Gasteiger partial charge in [-0.15, -0.1) is 12.3 Å². The fraction of sp³-hybridized carbons (Fsp3) is 0.818. The van der Waals surface area contributed by atoms with Crippen LogP contribution in [0.15, 0.2) is 0 Å². The van der Waals surface area contributed by atoms with E-state index in [2.05, 4.69) is 5.92 Å². The first-order valence-electron chi connectivity index (χ1n) is 4.94. The van der Waals surface area contributed by atoms with Crippen molar-refractivity contribution in [3.8, 4) is 12.3 Å². The van der Waals surface area contributed by atoms with E-state index in [0.29, 0.717) is 6.61 Å². The summed E-state index contributed by atoms with van der Waals surface area (Å²) >= 11 is 0. The number of unbranched alkanes of at least 4 members (excludes halogenated alkanes) is 1. The second kappa shape index (κ2) is 4.64. The molecule has 0 radical (unpaired) electrons. The van der Waals surface area contributed by atoms with Crippen LogP contribution in [0.1, 0.15) is 39.0 Å². The lowest BCUT2D eigenvalue weighted by Crippen LogP contribution is -2.39. The standard InChI is InChI=1S/C11H18O2/c1-3-4-5-6-11(12)7-8-13-10(2)9-11/h1,10,12H,4-9H2,2H3. The van der Waals surface area contributed by atoms with Crippen LogP contribution in [0.4, 0.5) is 0 Å². The first-order chi connectivity index (χ1) is 6.16. The predicted molar refractivity (Wildman–Crippen MR) is 52.3 cm³/mol. The fourth-order valence-corrected chi connectivity index (χ4v) is 1.89. The molecule has 1 rings (SSSR count). The molecule has 1 saturated heterocycles. The summed E-state index contributed by atoms with van der Waals surface area (Å²) in [6, 6.07) is 0. The highest BCUT2D eigenvalue weighted by Crippen LogP contribution is 2.29. The minimum atomic E-state index is -0.519. The van der Waals surface area contributed by atoms with Gasteiger partial charge in [-0.1, -0.05) is 0 Å². The second-order valence-corrected chi connectivity index (χ2v) is 3.92. The lowest BCUT2D eigenvalue weighted by molar-refractivity contribution is -0.101. The van der Waals surface area contributed by atoms with Gasteiger partial charge in [0.1, 0.15) is 0 Å². The topological polar surface area (TPSA) is 29.5 Å². The van der Waals surface area contributed by atoms with Crippen LogP contribution in [-0.4, -0.2) is 23.4 Å². The molecule has 0 spiro atoms. The van der Waals surface area contributed by atoms with Gasteiger partial charge in [0, 0.05) is 19.4 Å². The molecule has 13 heavy (non-hydrogen) atoms. The lowest BCUT2D eigenvalue weighted by atomic mass is 9.86. The molecule has 0 saturated carbocycles. The molecule has 1 N–H and O–H groups in total. The average molecular weight is 182 g/mol. The normalized spacial score (nSPS) is 34.1. The van der Waals surface area contributed by atoms with Gasteiger partial charge in [0.25, 0.3) is 0 Å². The highest BCUT2D eigenvalue weighted by Gasteiger charge is 2.32. The molecule has 0 bridgehead atoms. The van der Waals surface area contributed by atoms with Gasteiger partial charge in [0.05, 0.1) is 11.7 Å². The lowest BCUT2D eigenvalue weighted by Gasteiger charge is -2.35. The maximum Gasteiger partial charge on any atom is 0.0694 e. The summed E-state index contributed by atoms with van der Waals surface area (Å²) in [5.41, 5.74) is -0.519. The molecule has 2 heteroatoms. The number of rotatable bonds is 3. The molecular formula is C11H18O2. The molecule has 2 atom stereocenters. The Balaban J connectivity index is 2.32. The number of aliphatic hydroxyl groups is 1. The average Bonchev–Trinajstić information content (AvgIpc) is 2.04. The maximum absolute atomic E-state index is 10.1. The molecule has 74 valence electrons. The van der Waals surface area contributed by atoms with Crippen molar-refractivity contribution in [1.29, 1.82) is 0 Å². The quantitative estimate of drug-likeness (QED) is 0.532. The van der Waals surface area contributed by atoms with Crippen molar-refractivity contribution in [3.05, 3.63) is 0 Å². The summed E-state index contributed by atoms with van der Waals surface area (Å²) in [5, 5.41) is 10.1. The Morgan fingerprint density at radius 2 is 2.46 bits per heavy atom. The Morgan fingerprint density at radius 3 is 3.08 bits per heavy atom. The summed E-state index contributed by atoms with van der Waals surface area (Å²) in [4.78, 5) is 0. The van der Waals surface area contributed by atoms with E-state index >= 15 is 0 Å². The van der Waals surface area contributed by atoms with E-state index in [1.54, 1.807) is 0 Å². The Kier molecular flexibility index (Phi) is 3.77. The van der Waals surface area contributed by atoms with Gasteiger partial charge in [-0.3, -0.25) is 0 Å². The van der Waals surface area contributed by atoms with Crippen LogP contribution in [-0.2, 0) is 4.74 Å². The van der Waals surface area contributed by atoms with Crippen LogP contribution in [0, 0.1) is 12.3 Å². The second-order valence-electron chi connectivity index (χ2n) is 3.92. The van der Waals surface area contributed by atoms with E-state index in [9.17, 15) is 5.11 Å². The Bertz CT molecular complexity index is 195. The van der Waals surface area contributed by atoms with Crippen molar-refractivity contribution in [2.24, 2.45) is 0 Å². The molecule has 1 aliphatic rings. The molecule has 0 aromatic carbocycles. The van der Waals surface area contributed by atoms with E-state index in [1.807, 2.05) is 6.92 Å². The van der Waals surface area contributed by atoms with E-state index in [-0.39, 0.29) is 6.10 Å². The summed E-state index contributed by atoms with van der Waals surface area (Å²) in [6.45, 7) is 2.68. The van der Waals surface area contributed by atoms with Gasteiger partial charge in [-0.05, 0) is 26.2 Å². The molecule has 0 aromatic rings. The molecular weight excluding hydrogens is 164 g/mol. The Hall–Kier alpha value is -0.520. The van der Waals surface area contributed by atoms with E-state index in [1.165, 1.54) is 0 Å². The molecule has 0 aliphatic carbocycles. The van der Waals surface area contributed by atoms with Crippen molar-refractivity contribution in [3.63, 3.8) is 0 Å². The zero-order valence-electron chi connectivity index (χ0n) is 8.25. The van der Waals surface area contributed by atoms with E-state index < -0.39 is 5.60 Å². The number of hydrogen-bond acceptors (Lipinski definition) is 2. The maximum atomic E-state index is 10.1. The first-order valence-corrected chi connectivity index (χ1v) is 4.94. The Morgan fingerprint density at radius 1 is 1.69 bits per heavy atom. The minimum absolute atomic E-state index is 0.185. The number of terminal acetylenes is 1. The molecule has 2 unspecified atom stereocenters. The van der Waals surface area contributed by atoms with Crippen LogP contribution >= 0.6 is 0 Å². The van der Waals surface area contributed by atoms with Crippen molar-refractivity contribution >= 4 is 0 Å². The van der Waals surface area contributed by atoms with Gasteiger partial charge >= 0.3 is 0 Å². The summed E-state index contributed by atoms with van der Waals surface area (Å²) in [6.07, 6.45) is 9.33. The predicted octanol–water partition coefficient (Wildman–Crippen LogP) is 1.72. The largest absolute Gasteiger partial charge is 0.390 e. The highest BCUT2D eigenvalue weighted by molar-refractivity contribution is 4.88. The first kappa shape index (κ1) is 10.6. The van der Waals surface area contributed by atoms with Crippen LogP contribution in [0.5, 0.6) is 0 Å². The van der Waals surface area contributed by atoms with Gasteiger partial charge in [0.15, 0.2) is 0 Å². The monoisotopic (exact) mass is 182 g/mol. The third kappa shape index (κ3) is 3.38. The molecule has 1 aliphatic heterocycles. The SMILES string of the molecule is C#CCCCC1(O)CCOC(C)C1. The molecule has 1 heterocycles. The van der Waals surface area contributed by atoms with Crippen LogP contribution in [0.2, 0.25) is 0 Å². The van der Waals surface area contributed by atoms with Crippen molar-refractivity contribution in [2.75, 3.05) is 6.61 Å². The minimum Gasteiger partial charge on any atom is -0.390 e. The Labute approximate surface area is 80.3 Å². The summed E-state index contributed by atoms with van der Waals surface area (Å²) < 4.78 is 5.38. The number of ether oxygens (including phenoxy) is 1.